The molecule has 4 aromatic heterocycles. The summed E-state index contributed by atoms with van der Waals surface area (Å²) in [6.07, 6.45) is 8.75. The van der Waals surface area contributed by atoms with E-state index in [1.807, 2.05) is 54.7 Å². The molecule has 0 fully saturated rings. The summed E-state index contributed by atoms with van der Waals surface area (Å²) in [4.78, 5) is 37.2. The van der Waals surface area contributed by atoms with Crippen molar-refractivity contribution in [3.8, 4) is 11.1 Å². The number of hydrogen-bond acceptors (Lipinski definition) is 4. The van der Waals surface area contributed by atoms with Crippen molar-refractivity contribution in [2.24, 2.45) is 0 Å². The molecule has 0 radical (unpaired) electrons. The standard InChI is InChI=1S/C26H21N5O2/c32-25(22-9-4-12-31(26(22)33)17-19-6-2-10-27-14-19)30-15-18-5-1-7-20(13-18)23-16-29-24-21(23)8-3-11-28-24/h1-14,16H,15,17H2,(H,28,29)(H,30,32). The average molecular weight is 435 g/mol. The molecule has 2 N–H and O–H groups in total. The summed E-state index contributed by atoms with van der Waals surface area (Å²) in [5.41, 5.74) is 4.51. The van der Waals surface area contributed by atoms with E-state index in [0.29, 0.717) is 13.1 Å². The number of pyridine rings is 3. The van der Waals surface area contributed by atoms with Gasteiger partial charge in [0.25, 0.3) is 11.5 Å². The smallest absolute Gasteiger partial charge is 0.263 e. The minimum atomic E-state index is -0.401. The van der Waals surface area contributed by atoms with E-state index >= 15 is 0 Å². The van der Waals surface area contributed by atoms with Crippen molar-refractivity contribution in [2.45, 2.75) is 13.1 Å². The number of amides is 1. The molecule has 0 bridgehead atoms. The fourth-order valence-electron chi connectivity index (χ4n) is 3.84. The van der Waals surface area contributed by atoms with Gasteiger partial charge in [0, 0.05) is 48.5 Å². The first kappa shape index (κ1) is 20.4. The van der Waals surface area contributed by atoms with E-state index in [4.69, 9.17) is 0 Å². The first-order chi connectivity index (χ1) is 16.2. The van der Waals surface area contributed by atoms with Crippen molar-refractivity contribution in [2.75, 3.05) is 0 Å². The van der Waals surface area contributed by atoms with E-state index < -0.39 is 5.91 Å². The van der Waals surface area contributed by atoms with Crippen molar-refractivity contribution >= 4 is 16.9 Å². The fraction of sp³-hybridized carbons (Fsp3) is 0.0769. The average Bonchev–Trinajstić information content (AvgIpc) is 3.29. The molecule has 0 saturated heterocycles. The maximum absolute atomic E-state index is 12.8. The van der Waals surface area contributed by atoms with Gasteiger partial charge in [-0.15, -0.1) is 0 Å². The molecule has 7 nitrogen and oxygen atoms in total. The van der Waals surface area contributed by atoms with E-state index in [2.05, 4.69) is 20.3 Å². The quantitative estimate of drug-likeness (QED) is 0.425. The van der Waals surface area contributed by atoms with Gasteiger partial charge in [0.05, 0.1) is 6.54 Å². The minimum Gasteiger partial charge on any atom is -0.348 e. The van der Waals surface area contributed by atoms with Crippen LogP contribution in [0.25, 0.3) is 22.2 Å². The molecule has 0 saturated carbocycles. The molecule has 0 spiro atoms. The first-order valence-electron chi connectivity index (χ1n) is 10.6. The van der Waals surface area contributed by atoms with Crippen LogP contribution in [0.4, 0.5) is 0 Å². The van der Waals surface area contributed by atoms with Crippen LogP contribution in [0, 0.1) is 0 Å². The van der Waals surface area contributed by atoms with Crippen LogP contribution in [0.2, 0.25) is 0 Å². The summed E-state index contributed by atoms with van der Waals surface area (Å²) in [6, 6.07) is 18.8. The Balaban J connectivity index is 1.32. The Morgan fingerprint density at radius 2 is 1.88 bits per heavy atom. The number of fused-ring (bicyclic) bond motifs is 1. The monoisotopic (exact) mass is 435 g/mol. The van der Waals surface area contributed by atoms with E-state index in [0.717, 1.165) is 33.3 Å². The number of hydrogen-bond donors (Lipinski definition) is 2. The van der Waals surface area contributed by atoms with Gasteiger partial charge in [-0.2, -0.15) is 0 Å². The zero-order valence-electron chi connectivity index (χ0n) is 17.7. The lowest BCUT2D eigenvalue weighted by Gasteiger charge is -2.10. The Morgan fingerprint density at radius 3 is 2.76 bits per heavy atom. The van der Waals surface area contributed by atoms with Gasteiger partial charge in [-0.25, -0.2) is 4.98 Å². The molecule has 0 unspecified atom stereocenters. The molecular weight excluding hydrogens is 414 g/mol. The number of carbonyl (C=O) groups excluding carboxylic acids is 1. The Bertz CT molecular complexity index is 1490. The highest BCUT2D eigenvalue weighted by Crippen LogP contribution is 2.28. The first-order valence-corrected chi connectivity index (χ1v) is 10.6. The number of nitrogens with one attached hydrogen (secondary N) is 2. The third-order valence-corrected chi connectivity index (χ3v) is 5.48. The molecule has 0 aliphatic carbocycles. The number of H-pyrrole nitrogens is 1. The molecule has 162 valence electrons. The Kier molecular flexibility index (Phi) is 5.51. The van der Waals surface area contributed by atoms with Crippen LogP contribution in [-0.2, 0) is 13.1 Å². The lowest BCUT2D eigenvalue weighted by molar-refractivity contribution is 0.0949. The van der Waals surface area contributed by atoms with Gasteiger partial charge in [0.1, 0.15) is 11.2 Å². The third-order valence-electron chi connectivity index (χ3n) is 5.48. The minimum absolute atomic E-state index is 0.111. The maximum atomic E-state index is 12.8. The second-order valence-electron chi connectivity index (χ2n) is 7.70. The fourth-order valence-corrected chi connectivity index (χ4v) is 3.84. The molecule has 0 aliphatic rings. The number of nitrogens with zero attached hydrogens (tertiary/aromatic N) is 3. The molecule has 5 rings (SSSR count). The number of aromatic nitrogens is 4. The molecule has 5 aromatic rings. The van der Waals surface area contributed by atoms with Gasteiger partial charge < -0.3 is 14.9 Å². The normalized spacial score (nSPS) is 10.9. The van der Waals surface area contributed by atoms with Crippen LogP contribution in [0.15, 0.2) is 96.4 Å². The van der Waals surface area contributed by atoms with Crippen molar-refractivity contribution in [3.63, 3.8) is 0 Å². The molecule has 1 amide bonds. The lowest BCUT2D eigenvalue weighted by atomic mass is 10.0. The molecule has 1 aromatic carbocycles. The number of aromatic amines is 1. The Hall–Kier alpha value is -4.52. The van der Waals surface area contributed by atoms with E-state index in [1.54, 1.807) is 36.9 Å². The van der Waals surface area contributed by atoms with Crippen molar-refractivity contribution in [1.82, 2.24) is 24.8 Å². The highest BCUT2D eigenvalue weighted by Gasteiger charge is 2.13. The van der Waals surface area contributed by atoms with Gasteiger partial charge in [-0.1, -0.05) is 24.3 Å². The summed E-state index contributed by atoms with van der Waals surface area (Å²) in [5.74, 6) is -0.401. The SMILES string of the molecule is O=C(NCc1cccc(-c2c[nH]c3ncccc23)c1)c1cccn(Cc2cccnc2)c1=O. The van der Waals surface area contributed by atoms with Gasteiger partial charge >= 0.3 is 0 Å². The van der Waals surface area contributed by atoms with Crippen molar-refractivity contribution in [1.29, 1.82) is 0 Å². The molecular formula is C26H21N5O2. The summed E-state index contributed by atoms with van der Waals surface area (Å²) in [6.45, 7) is 0.666. The number of rotatable bonds is 6. The number of carbonyl (C=O) groups is 1. The molecule has 33 heavy (non-hydrogen) atoms. The Labute approximate surface area is 189 Å². The topological polar surface area (TPSA) is 92.7 Å². The zero-order chi connectivity index (χ0) is 22.6. The summed E-state index contributed by atoms with van der Waals surface area (Å²) >= 11 is 0. The maximum Gasteiger partial charge on any atom is 0.263 e. The van der Waals surface area contributed by atoms with Gasteiger partial charge in [0.15, 0.2) is 0 Å². The van der Waals surface area contributed by atoms with Crippen molar-refractivity contribution < 1.29 is 4.79 Å². The van der Waals surface area contributed by atoms with E-state index in [1.165, 1.54) is 4.57 Å². The van der Waals surface area contributed by atoms with Gasteiger partial charge in [0.2, 0.25) is 0 Å². The lowest BCUT2D eigenvalue weighted by Crippen LogP contribution is -2.32. The van der Waals surface area contributed by atoms with E-state index in [-0.39, 0.29) is 11.1 Å². The molecule has 4 heterocycles. The second-order valence-corrected chi connectivity index (χ2v) is 7.70. The summed E-state index contributed by atoms with van der Waals surface area (Å²) in [7, 11) is 0. The summed E-state index contributed by atoms with van der Waals surface area (Å²) in [5, 5.41) is 3.91. The third kappa shape index (κ3) is 4.29. The van der Waals surface area contributed by atoms with E-state index in [9.17, 15) is 9.59 Å². The largest absolute Gasteiger partial charge is 0.348 e. The second kappa shape index (κ2) is 8.92. The van der Waals surface area contributed by atoms with Crippen LogP contribution >= 0.6 is 0 Å². The van der Waals surface area contributed by atoms with Crippen LogP contribution < -0.4 is 10.9 Å². The zero-order valence-corrected chi connectivity index (χ0v) is 17.7. The molecule has 0 aliphatic heterocycles. The van der Waals surface area contributed by atoms with Crippen LogP contribution in [-0.4, -0.2) is 25.4 Å². The van der Waals surface area contributed by atoms with Gasteiger partial charge in [-0.05, 0) is 53.1 Å². The Morgan fingerprint density at radius 1 is 1.00 bits per heavy atom. The number of benzene rings is 1. The van der Waals surface area contributed by atoms with Gasteiger partial charge in [-0.3, -0.25) is 14.6 Å². The predicted octanol–water partition coefficient (Wildman–Crippen LogP) is 3.76. The van der Waals surface area contributed by atoms with Crippen molar-refractivity contribution in [3.05, 3.63) is 119 Å². The molecule has 0 atom stereocenters. The predicted molar refractivity (Wildman–Crippen MR) is 127 cm³/mol. The van der Waals surface area contributed by atoms with Crippen LogP contribution in [0.3, 0.4) is 0 Å². The highest BCUT2D eigenvalue weighted by molar-refractivity contribution is 5.94. The summed E-state index contributed by atoms with van der Waals surface area (Å²) < 4.78 is 1.51. The van der Waals surface area contributed by atoms with Crippen LogP contribution in [0.1, 0.15) is 21.5 Å². The highest BCUT2D eigenvalue weighted by atomic mass is 16.2. The molecule has 7 heteroatoms. The van der Waals surface area contributed by atoms with Crippen LogP contribution in [0.5, 0.6) is 0 Å².